The number of hydrogen-bond acceptors (Lipinski definition) is 2. The fraction of sp³-hybridized carbons (Fsp3) is 0.231. The van der Waals surface area contributed by atoms with Crippen LogP contribution in [0.3, 0.4) is 0 Å². The summed E-state index contributed by atoms with van der Waals surface area (Å²) < 4.78 is 0. The third-order valence-electron chi connectivity index (χ3n) is 4.80. The van der Waals surface area contributed by atoms with E-state index in [1.165, 1.54) is 16.3 Å². The first-order valence-corrected chi connectivity index (χ1v) is 10.2. The summed E-state index contributed by atoms with van der Waals surface area (Å²) in [7, 11) is 0. The van der Waals surface area contributed by atoms with Crippen LogP contribution in [0.4, 0.5) is 5.82 Å². The van der Waals surface area contributed by atoms with E-state index in [0.717, 1.165) is 23.3 Å². The van der Waals surface area contributed by atoms with Crippen LogP contribution in [0.2, 0.25) is 0 Å². The molecular weight excluding hydrogens is 356 g/mol. The maximum atomic E-state index is 12.6. The molecule has 29 heavy (non-hydrogen) atoms. The average Bonchev–Trinajstić information content (AvgIpc) is 2.71. The van der Waals surface area contributed by atoms with E-state index in [9.17, 15) is 4.79 Å². The largest absolute Gasteiger partial charge is 0.311 e. The van der Waals surface area contributed by atoms with E-state index in [1.807, 2.05) is 50.3 Å². The zero-order valence-electron chi connectivity index (χ0n) is 17.4. The number of benzene rings is 2. The molecule has 0 unspecified atom stereocenters. The molecule has 1 aromatic heterocycles. The lowest BCUT2D eigenvalue weighted by molar-refractivity contribution is -0.116. The first-order chi connectivity index (χ1) is 14.1. The fourth-order valence-electron chi connectivity index (χ4n) is 3.50. The van der Waals surface area contributed by atoms with Gasteiger partial charge in [-0.2, -0.15) is 0 Å². The molecule has 0 aliphatic heterocycles. The van der Waals surface area contributed by atoms with Crippen LogP contribution in [0, 0.1) is 6.92 Å². The van der Waals surface area contributed by atoms with Gasteiger partial charge < -0.3 is 5.32 Å². The molecule has 0 atom stereocenters. The van der Waals surface area contributed by atoms with Crippen molar-refractivity contribution >= 4 is 28.1 Å². The third-order valence-corrected chi connectivity index (χ3v) is 4.80. The number of nitrogens with zero attached hydrogens (tertiary/aromatic N) is 1. The normalized spacial score (nSPS) is 11.9. The molecule has 0 aliphatic rings. The van der Waals surface area contributed by atoms with Crippen molar-refractivity contribution in [2.24, 2.45) is 0 Å². The number of hydrogen-bond donors (Lipinski definition) is 1. The van der Waals surface area contributed by atoms with Gasteiger partial charge in [-0.1, -0.05) is 67.6 Å². The molecule has 1 heterocycles. The van der Waals surface area contributed by atoms with Crippen molar-refractivity contribution in [1.82, 2.24) is 4.98 Å². The van der Waals surface area contributed by atoms with Gasteiger partial charge in [0.15, 0.2) is 0 Å². The van der Waals surface area contributed by atoms with E-state index in [4.69, 9.17) is 0 Å². The number of carbonyl (C=O) groups is 1. The second-order valence-corrected chi connectivity index (χ2v) is 7.17. The second-order valence-electron chi connectivity index (χ2n) is 7.17. The van der Waals surface area contributed by atoms with Gasteiger partial charge in [-0.15, -0.1) is 0 Å². The molecule has 3 nitrogen and oxygen atoms in total. The van der Waals surface area contributed by atoms with Gasteiger partial charge in [-0.25, -0.2) is 4.98 Å². The lowest BCUT2D eigenvalue weighted by atomic mass is 10.0. The van der Waals surface area contributed by atoms with Crippen LogP contribution in [-0.2, 0) is 11.2 Å². The van der Waals surface area contributed by atoms with E-state index < -0.39 is 0 Å². The molecule has 0 bridgehead atoms. The van der Waals surface area contributed by atoms with Gasteiger partial charge in [0.05, 0.1) is 5.69 Å². The average molecular weight is 385 g/mol. The monoisotopic (exact) mass is 384 g/mol. The zero-order valence-corrected chi connectivity index (χ0v) is 17.4. The highest BCUT2D eigenvalue weighted by atomic mass is 16.1. The zero-order chi connectivity index (χ0) is 20.6. The van der Waals surface area contributed by atoms with E-state index in [0.29, 0.717) is 18.7 Å². The Hall–Kier alpha value is -3.20. The Labute approximate surface area is 173 Å². The Kier molecular flexibility index (Phi) is 6.96. The second kappa shape index (κ2) is 9.83. The maximum absolute atomic E-state index is 12.6. The van der Waals surface area contributed by atoms with Crippen molar-refractivity contribution in [3.63, 3.8) is 0 Å². The minimum Gasteiger partial charge on any atom is -0.311 e. The molecule has 1 amide bonds. The highest BCUT2D eigenvalue weighted by Crippen LogP contribution is 2.21. The van der Waals surface area contributed by atoms with Crippen LogP contribution in [0.1, 0.15) is 43.5 Å². The molecule has 0 saturated carbocycles. The van der Waals surface area contributed by atoms with Gasteiger partial charge in [0.2, 0.25) is 5.91 Å². The summed E-state index contributed by atoms with van der Waals surface area (Å²) in [4.78, 5) is 17.3. The number of fused-ring (bicyclic) bond motifs is 1. The number of amides is 1. The van der Waals surface area contributed by atoms with E-state index >= 15 is 0 Å². The summed E-state index contributed by atoms with van der Waals surface area (Å²) in [5.74, 6) is 0.587. The Morgan fingerprint density at radius 2 is 1.90 bits per heavy atom. The molecule has 1 N–H and O–H groups in total. The molecular formula is C26H28N2O. The summed E-state index contributed by atoms with van der Waals surface area (Å²) in [6, 6.07) is 18.5. The number of rotatable bonds is 7. The highest BCUT2D eigenvalue weighted by Gasteiger charge is 2.09. The lowest BCUT2D eigenvalue weighted by Crippen LogP contribution is -2.14. The van der Waals surface area contributed by atoms with E-state index in [1.54, 1.807) is 0 Å². The molecule has 3 aromatic rings. The Morgan fingerprint density at radius 3 is 2.69 bits per heavy atom. The minimum absolute atomic E-state index is 0.0194. The Balaban J connectivity index is 1.73. The summed E-state index contributed by atoms with van der Waals surface area (Å²) >= 11 is 0. The van der Waals surface area contributed by atoms with E-state index in [-0.39, 0.29) is 5.91 Å². The predicted octanol–water partition coefficient (Wildman–Crippen LogP) is 6.48. The topological polar surface area (TPSA) is 42.0 Å². The van der Waals surface area contributed by atoms with Crippen molar-refractivity contribution in [1.29, 1.82) is 0 Å². The molecule has 0 fully saturated rings. The molecule has 0 spiro atoms. The van der Waals surface area contributed by atoms with Crippen molar-refractivity contribution in [2.75, 3.05) is 5.32 Å². The SMILES string of the molecule is C/C=C\C(=C/CC)c1cc(C)cc(NC(=O)CCc2cccc3ccccc23)n1. The Morgan fingerprint density at radius 1 is 1.10 bits per heavy atom. The number of aryl methyl sites for hydroxylation is 2. The van der Waals surface area contributed by atoms with Crippen LogP contribution >= 0.6 is 0 Å². The van der Waals surface area contributed by atoms with Crippen LogP contribution in [0.25, 0.3) is 16.3 Å². The molecule has 3 rings (SSSR count). The van der Waals surface area contributed by atoms with Gasteiger partial charge in [0.25, 0.3) is 0 Å². The lowest BCUT2D eigenvalue weighted by Gasteiger charge is -2.10. The summed E-state index contributed by atoms with van der Waals surface area (Å²) in [6.45, 7) is 6.13. The van der Waals surface area contributed by atoms with Crippen LogP contribution < -0.4 is 5.32 Å². The fourth-order valence-corrected chi connectivity index (χ4v) is 3.50. The van der Waals surface area contributed by atoms with Crippen molar-refractivity contribution in [3.8, 4) is 0 Å². The molecule has 2 aromatic carbocycles. The van der Waals surface area contributed by atoms with Gasteiger partial charge in [0, 0.05) is 6.42 Å². The van der Waals surface area contributed by atoms with Crippen molar-refractivity contribution in [3.05, 3.63) is 89.6 Å². The number of nitrogens with one attached hydrogen (secondary N) is 1. The number of anilines is 1. The third kappa shape index (κ3) is 5.41. The molecule has 0 aliphatic carbocycles. The molecule has 0 radical (unpaired) electrons. The highest BCUT2D eigenvalue weighted by molar-refractivity contribution is 5.91. The van der Waals surface area contributed by atoms with Gasteiger partial charge in [-0.3, -0.25) is 4.79 Å². The molecule has 0 saturated heterocycles. The smallest absolute Gasteiger partial charge is 0.225 e. The first-order valence-electron chi connectivity index (χ1n) is 10.2. The molecule has 3 heteroatoms. The predicted molar refractivity (Wildman–Crippen MR) is 123 cm³/mol. The summed E-state index contributed by atoms with van der Waals surface area (Å²) in [6.07, 6.45) is 8.26. The number of allylic oxidation sites excluding steroid dienone is 4. The maximum Gasteiger partial charge on any atom is 0.225 e. The van der Waals surface area contributed by atoms with Crippen LogP contribution in [0.5, 0.6) is 0 Å². The van der Waals surface area contributed by atoms with E-state index in [2.05, 4.69) is 53.6 Å². The Bertz CT molecular complexity index is 1060. The minimum atomic E-state index is -0.0194. The standard InChI is InChI=1S/C26H28N2O/c1-4-9-22(10-5-2)24-17-19(3)18-25(27-24)28-26(29)16-15-21-13-8-12-20-11-6-7-14-23(20)21/h4,6-14,17-18H,5,15-16H2,1-3H3,(H,27,28,29)/b9-4-,22-10+. The summed E-state index contributed by atoms with van der Waals surface area (Å²) in [5, 5.41) is 5.39. The number of aromatic nitrogens is 1. The number of pyridine rings is 1. The first kappa shape index (κ1) is 20.5. The van der Waals surface area contributed by atoms with Gasteiger partial charge in [0.1, 0.15) is 5.82 Å². The van der Waals surface area contributed by atoms with Crippen molar-refractivity contribution in [2.45, 2.75) is 40.0 Å². The van der Waals surface area contributed by atoms with Crippen LogP contribution in [0.15, 0.2) is 72.8 Å². The van der Waals surface area contributed by atoms with Crippen LogP contribution in [-0.4, -0.2) is 10.9 Å². The van der Waals surface area contributed by atoms with Crippen molar-refractivity contribution < 1.29 is 4.79 Å². The van der Waals surface area contributed by atoms with Gasteiger partial charge >= 0.3 is 0 Å². The summed E-state index contributed by atoms with van der Waals surface area (Å²) in [5.41, 5.74) is 4.22. The molecule has 148 valence electrons. The quantitative estimate of drug-likeness (QED) is 0.473. The van der Waals surface area contributed by atoms with Gasteiger partial charge in [-0.05, 0) is 66.3 Å². The number of carbonyl (C=O) groups excluding carboxylic acids is 1.